The molecule has 0 atom stereocenters. The predicted molar refractivity (Wildman–Crippen MR) is 74.5 cm³/mol. The Balaban J connectivity index is 0.00000289. The Morgan fingerprint density at radius 2 is 2.00 bits per heavy atom. The summed E-state index contributed by atoms with van der Waals surface area (Å²) in [7, 11) is 0. The van der Waals surface area contributed by atoms with Crippen molar-refractivity contribution in [1.82, 2.24) is 10.3 Å². The summed E-state index contributed by atoms with van der Waals surface area (Å²) in [5, 5.41) is 3.52. The standard InChI is InChI=1S/C11H14Cl2N2O2.ClH/c1-2-3-14-6-11(16)17-7-8-4-9(12)15-10(13)5-8;/h4-5,14H,2-3,6-7H2,1H3;1H. The molecular formula is C11H15Cl3N2O2. The molecule has 0 aliphatic carbocycles. The molecule has 0 saturated heterocycles. The van der Waals surface area contributed by atoms with E-state index in [1.165, 1.54) is 0 Å². The maximum atomic E-state index is 11.3. The number of hydrogen-bond acceptors (Lipinski definition) is 4. The highest BCUT2D eigenvalue weighted by molar-refractivity contribution is 6.32. The minimum absolute atomic E-state index is 0. The van der Waals surface area contributed by atoms with E-state index in [1.54, 1.807) is 12.1 Å². The van der Waals surface area contributed by atoms with E-state index in [-0.39, 0.29) is 41.8 Å². The van der Waals surface area contributed by atoms with Crippen molar-refractivity contribution in [3.8, 4) is 0 Å². The number of carbonyl (C=O) groups is 1. The predicted octanol–water partition coefficient (Wildman–Crippen LogP) is 2.85. The van der Waals surface area contributed by atoms with E-state index in [9.17, 15) is 4.79 Å². The monoisotopic (exact) mass is 312 g/mol. The second-order valence-electron chi connectivity index (χ2n) is 3.46. The van der Waals surface area contributed by atoms with Gasteiger partial charge in [0, 0.05) is 0 Å². The molecule has 0 aliphatic rings. The number of halogens is 3. The first-order valence-corrected chi connectivity index (χ1v) is 6.05. The molecule has 0 amide bonds. The van der Waals surface area contributed by atoms with Gasteiger partial charge < -0.3 is 10.1 Å². The third kappa shape index (κ3) is 7.01. The lowest BCUT2D eigenvalue weighted by Gasteiger charge is -2.06. The lowest BCUT2D eigenvalue weighted by Crippen LogP contribution is -2.25. The van der Waals surface area contributed by atoms with Crippen LogP contribution in [0.25, 0.3) is 0 Å². The Labute approximate surface area is 122 Å². The second-order valence-corrected chi connectivity index (χ2v) is 4.23. The van der Waals surface area contributed by atoms with Crippen molar-refractivity contribution in [2.45, 2.75) is 20.0 Å². The maximum absolute atomic E-state index is 11.3. The molecule has 0 radical (unpaired) electrons. The Morgan fingerprint density at radius 1 is 1.39 bits per heavy atom. The summed E-state index contributed by atoms with van der Waals surface area (Å²) in [6, 6.07) is 3.22. The SMILES string of the molecule is CCCNCC(=O)OCc1cc(Cl)nc(Cl)c1.Cl. The Kier molecular flexibility index (Phi) is 9.10. The Morgan fingerprint density at radius 3 is 2.56 bits per heavy atom. The number of rotatable bonds is 6. The van der Waals surface area contributed by atoms with E-state index in [2.05, 4.69) is 10.3 Å². The summed E-state index contributed by atoms with van der Waals surface area (Å²) in [6.45, 7) is 3.18. The van der Waals surface area contributed by atoms with Crippen LogP contribution in [0.3, 0.4) is 0 Å². The number of ether oxygens (including phenoxy) is 1. The molecule has 0 fully saturated rings. The third-order valence-electron chi connectivity index (χ3n) is 1.92. The molecule has 1 aromatic heterocycles. The van der Waals surface area contributed by atoms with E-state index in [0.717, 1.165) is 18.5 Å². The van der Waals surface area contributed by atoms with Gasteiger partial charge in [-0.2, -0.15) is 0 Å². The lowest BCUT2D eigenvalue weighted by atomic mass is 10.3. The van der Waals surface area contributed by atoms with Crippen LogP contribution in [0.15, 0.2) is 12.1 Å². The van der Waals surface area contributed by atoms with Gasteiger partial charge in [0.2, 0.25) is 0 Å². The number of carbonyl (C=O) groups excluding carboxylic acids is 1. The highest BCUT2D eigenvalue weighted by Gasteiger charge is 2.04. The van der Waals surface area contributed by atoms with Crippen LogP contribution >= 0.6 is 35.6 Å². The molecule has 1 heterocycles. The fraction of sp³-hybridized carbons (Fsp3) is 0.455. The number of pyridine rings is 1. The summed E-state index contributed by atoms with van der Waals surface area (Å²) in [6.07, 6.45) is 0.975. The second kappa shape index (κ2) is 9.39. The molecule has 0 saturated carbocycles. The zero-order chi connectivity index (χ0) is 12.7. The van der Waals surface area contributed by atoms with Gasteiger partial charge in [-0.25, -0.2) is 4.98 Å². The molecule has 1 N–H and O–H groups in total. The van der Waals surface area contributed by atoms with Crippen molar-refractivity contribution >= 4 is 41.6 Å². The molecule has 1 aromatic rings. The minimum Gasteiger partial charge on any atom is -0.460 e. The minimum atomic E-state index is -0.303. The van der Waals surface area contributed by atoms with Crippen LogP contribution in [0.5, 0.6) is 0 Å². The van der Waals surface area contributed by atoms with Gasteiger partial charge in [-0.05, 0) is 30.7 Å². The summed E-state index contributed by atoms with van der Waals surface area (Å²) < 4.78 is 5.04. The third-order valence-corrected chi connectivity index (χ3v) is 2.31. The van der Waals surface area contributed by atoms with Gasteiger partial charge in [-0.3, -0.25) is 4.79 Å². The largest absolute Gasteiger partial charge is 0.460 e. The quantitative estimate of drug-likeness (QED) is 0.498. The van der Waals surface area contributed by atoms with Crippen molar-refractivity contribution in [2.24, 2.45) is 0 Å². The molecule has 1 rings (SSSR count). The van der Waals surface area contributed by atoms with Crippen LogP contribution in [0.1, 0.15) is 18.9 Å². The average Bonchev–Trinajstić information content (AvgIpc) is 2.25. The van der Waals surface area contributed by atoms with Crippen LogP contribution in [0.4, 0.5) is 0 Å². The van der Waals surface area contributed by atoms with Gasteiger partial charge in [-0.1, -0.05) is 30.1 Å². The van der Waals surface area contributed by atoms with Crippen LogP contribution < -0.4 is 5.32 Å². The summed E-state index contributed by atoms with van der Waals surface area (Å²) in [5.41, 5.74) is 0.721. The fourth-order valence-electron chi connectivity index (χ4n) is 1.18. The van der Waals surface area contributed by atoms with Crippen LogP contribution in [0.2, 0.25) is 10.3 Å². The lowest BCUT2D eigenvalue weighted by molar-refractivity contribution is -0.143. The molecule has 0 bridgehead atoms. The molecule has 4 nitrogen and oxygen atoms in total. The Bertz CT molecular complexity index is 368. The number of hydrogen-bond donors (Lipinski definition) is 1. The summed E-state index contributed by atoms with van der Waals surface area (Å²) in [5.74, 6) is -0.303. The first-order valence-electron chi connectivity index (χ1n) is 5.30. The van der Waals surface area contributed by atoms with Crippen molar-refractivity contribution in [3.63, 3.8) is 0 Å². The molecular weight excluding hydrogens is 298 g/mol. The van der Waals surface area contributed by atoms with Crippen LogP contribution in [0, 0.1) is 0 Å². The molecule has 7 heteroatoms. The summed E-state index contributed by atoms with van der Waals surface area (Å²) in [4.78, 5) is 15.1. The van der Waals surface area contributed by atoms with E-state index in [1.807, 2.05) is 6.92 Å². The average molecular weight is 314 g/mol. The molecule has 0 aliphatic heterocycles. The van der Waals surface area contributed by atoms with Crippen molar-refractivity contribution in [1.29, 1.82) is 0 Å². The highest BCUT2D eigenvalue weighted by Crippen LogP contribution is 2.15. The van der Waals surface area contributed by atoms with E-state index >= 15 is 0 Å². The van der Waals surface area contributed by atoms with E-state index in [4.69, 9.17) is 27.9 Å². The van der Waals surface area contributed by atoms with Gasteiger partial charge in [-0.15, -0.1) is 12.4 Å². The van der Waals surface area contributed by atoms with Crippen molar-refractivity contribution in [2.75, 3.05) is 13.1 Å². The van der Waals surface area contributed by atoms with Gasteiger partial charge >= 0.3 is 5.97 Å². The number of nitrogens with zero attached hydrogens (tertiary/aromatic N) is 1. The van der Waals surface area contributed by atoms with Gasteiger partial charge in [0.1, 0.15) is 16.9 Å². The van der Waals surface area contributed by atoms with Crippen molar-refractivity contribution < 1.29 is 9.53 Å². The molecule has 0 unspecified atom stereocenters. The summed E-state index contributed by atoms with van der Waals surface area (Å²) >= 11 is 11.4. The molecule has 0 spiro atoms. The van der Waals surface area contributed by atoms with E-state index in [0.29, 0.717) is 0 Å². The number of esters is 1. The highest BCUT2D eigenvalue weighted by atomic mass is 35.5. The zero-order valence-corrected chi connectivity index (χ0v) is 12.2. The van der Waals surface area contributed by atoms with Gasteiger partial charge in [0.15, 0.2) is 0 Å². The smallest absolute Gasteiger partial charge is 0.320 e. The molecule has 0 aromatic carbocycles. The van der Waals surface area contributed by atoms with E-state index < -0.39 is 0 Å². The first kappa shape index (κ1) is 17.4. The molecule has 102 valence electrons. The fourth-order valence-corrected chi connectivity index (χ4v) is 1.69. The van der Waals surface area contributed by atoms with Crippen LogP contribution in [-0.4, -0.2) is 24.0 Å². The number of aromatic nitrogens is 1. The normalized spacial score (nSPS) is 9.72. The molecule has 18 heavy (non-hydrogen) atoms. The Hall–Kier alpha value is -0.550. The maximum Gasteiger partial charge on any atom is 0.320 e. The number of nitrogens with one attached hydrogen (secondary N) is 1. The van der Waals surface area contributed by atoms with Crippen LogP contribution in [-0.2, 0) is 16.1 Å². The van der Waals surface area contributed by atoms with Gasteiger partial charge in [0.25, 0.3) is 0 Å². The first-order chi connectivity index (χ1) is 8.11. The van der Waals surface area contributed by atoms with Gasteiger partial charge in [0.05, 0.1) is 6.54 Å². The van der Waals surface area contributed by atoms with Crippen molar-refractivity contribution in [3.05, 3.63) is 28.0 Å². The zero-order valence-electron chi connectivity index (χ0n) is 9.91. The topological polar surface area (TPSA) is 51.2 Å².